The molecule has 6 nitrogen and oxygen atoms in total. The first-order valence-corrected chi connectivity index (χ1v) is 10.2. The number of H-pyrrole nitrogens is 1. The lowest BCUT2D eigenvalue weighted by atomic mass is 9.57. The fourth-order valence-corrected chi connectivity index (χ4v) is 5.33. The Labute approximate surface area is 164 Å². The van der Waals surface area contributed by atoms with Crippen LogP contribution in [0.15, 0.2) is 29.0 Å². The Morgan fingerprint density at radius 3 is 2.78 bits per heavy atom. The van der Waals surface area contributed by atoms with Gasteiger partial charge in [-0.25, -0.2) is 9.97 Å². The summed E-state index contributed by atoms with van der Waals surface area (Å²) >= 11 is 3.55. The fourth-order valence-electron chi connectivity index (χ4n) is 4.97. The lowest BCUT2D eigenvalue weighted by Gasteiger charge is -2.51. The molecule has 1 aromatic carbocycles. The van der Waals surface area contributed by atoms with Crippen molar-refractivity contribution in [2.24, 2.45) is 11.3 Å². The van der Waals surface area contributed by atoms with Crippen molar-refractivity contribution >= 4 is 49.7 Å². The van der Waals surface area contributed by atoms with Crippen LogP contribution >= 0.6 is 15.9 Å². The molecule has 1 spiro atoms. The standard InChI is InChI=1S/C20H21BrN4O2/c21-12-1-2-15-14(7-12)16-17(22-10-23-18(16)25-15)24-13-8-20(9-13)5-3-11(4-6-20)19(26)27/h1-2,7,10-11,13H,3-6,8-9H2,(H,26,27)(H2,22,23,24,25). The predicted octanol–water partition coefficient (Wildman–Crippen LogP) is 4.71. The topological polar surface area (TPSA) is 90.9 Å². The van der Waals surface area contributed by atoms with E-state index in [1.165, 1.54) is 0 Å². The van der Waals surface area contributed by atoms with E-state index in [2.05, 4.69) is 42.3 Å². The highest BCUT2D eigenvalue weighted by atomic mass is 79.9. The van der Waals surface area contributed by atoms with Crippen molar-refractivity contribution in [1.82, 2.24) is 15.0 Å². The number of hydrogen-bond acceptors (Lipinski definition) is 4. The van der Waals surface area contributed by atoms with Gasteiger partial charge in [0.1, 0.15) is 17.8 Å². The molecule has 0 radical (unpaired) electrons. The Hall–Kier alpha value is -2.15. The van der Waals surface area contributed by atoms with Crippen LogP contribution in [0.3, 0.4) is 0 Å². The number of fused-ring (bicyclic) bond motifs is 3. The van der Waals surface area contributed by atoms with Gasteiger partial charge in [0.15, 0.2) is 0 Å². The first-order chi connectivity index (χ1) is 13.0. The number of carbonyl (C=O) groups is 1. The van der Waals surface area contributed by atoms with Crippen LogP contribution in [0.1, 0.15) is 38.5 Å². The molecule has 2 fully saturated rings. The highest BCUT2D eigenvalue weighted by Crippen LogP contribution is 2.53. The first kappa shape index (κ1) is 17.0. The van der Waals surface area contributed by atoms with E-state index < -0.39 is 5.97 Å². The minimum Gasteiger partial charge on any atom is -0.481 e. The van der Waals surface area contributed by atoms with E-state index in [-0.39, 0.29) is 5.92 Å². The quantitative estimate of drug-likeness (QED) is 0.561. The Morgan fingerprint density at radius 2 is 2.04 bits per heavy atom. The van der Waals surface area contributed by atoms with Crippen LogP contribution in [0.25, 0.3) is 21.9 Å². The van der Waals surface area contributed by atoms with Gasteiger partial charge in [-0.3, -0.25) is 4.79 Å². The molecule has 7 heteroatoms. The summed E-state index contributed by atoms with van der Waals surface area (Å²) in [5.41, 5.74) is 2.23. The summed E-state index contributed by atoms with van der Waals surface area (Å²) in [4.78, 5) is 23.4. The van der Waals surface area contributed by atoms with Gasteiger partial charge in [0, 0.05) is 21.4 Å². The summed E-state index contributed by atoms with van der Waals surface area (Å²) < 4.78 is 1.03. The van der Waals surface area contributed by atoms with Crippen molar-refractivity contribution in [2.45, 2.75) is 44.6 Å². The Balaban J connectivity index is 1.35. The molecule has 0 saturated heterocycles. The number of benzene rings is 1. The van der Waals surface area contributed by atoms with Crippen LogP contribution < -0.4 is 5.32 Å². The van der Waals surface area contributed by atoms with Crippen molar-refractivity contribution in [2.75, 3.05) is 5.32 Å². The number of carboxylic acid groups (broad SMARTS) is 1. The number of halogens is 1. The van der Waals surface area contributed by atoms with Crippen molar-refractivity contribution in [1.29, 1.82) is 0 Å². The van der Waals surface area contributed by atoms with Gasteiger partial charge in [0.05, 0.1) is 11.3 Å². The molecule has 2 heterocycles. The molecular formula is C20H21BrN4O2. The molecule has 0 bridgehead atoms. The Bertz CT molecular complexity index is 1030. The van der Waals surface area contributed by atoms with Crippen molar-refractivity contribution in [3.63, 3.8) is 0 Å². The number of anilines is 1. The average Bonchev–Trinajstić information content (AvgIpc) is 2.99. The number of hydrogen-bond donors (Lipinski definition) is 3. The maximum absolute atomic E-state index is 11.2. The zero-order valence-corrected chi connectivity index (χ0v) is 16.4. The monoisotopic (exact) mass is 428 g/mol. The van der Waals surface area contributed by atoms with Crippen LogP contribution in [0.4, 0.5) is 5.82 Å². The molecule has 0 amide bonds. The van der Waals surface area contributed by atoms with E-state index in [0.717, 1.165) is 70.8 Å². The lowest BCUT2D eigenvalue weighted by molar-refractivity contribution is -0.144. The van der Waals surface area contributed by atoms with Gasteiger partial charge in [-0.15, -0.1) is 0 Å². The smallest absolute Gasteiger partial charge is 0.306 e. The normalized spacial score (nSPS) is 27.7. The molecule has 2 aliphatic carbocycles. The Kier molecular flexibility index (Phi) is 3.89. The largest absolute Gasteiger partial charge is 0.481 e. The average molecular weight is 429 g/mol. The molecule has 2 saturated carbocycles. The van der Waals surface area contributed by atoms with Crippen LogP contribution in [0.2, 0.25) is 0 Å². The molecule has 3 aromatic rings. The number of carboxylic acids is 1. The second kappa shape index (κ2) is 6.19. The van der Waals surface area contributed by atoms with Gasteiger partial charge in [0.2, 0.25) is 0 Å². The summed E-state index contributed by atoms with van der Waals surface area (Å²) in [7, 11) is 0. The number of aliphatic carboxylic acids is 1. The van der Waals surface area contributed by atoms with Crippen LogP contribution in [-0.4, -0.2) is 32.1 Å². The highest BCUT2D eigenvalue weighted by Gasteiger charge is 2.47. The number of rotatable bonds is 3. The molecule has 2 aliphatic rings. The molecular weight excluding hydrogens is 408 g/mol. The fraction of sp³-hybridized carbons (Fsp3) is 0.450. The minimum absolute atomic E-state index is 0.145. The SMILES string of the molecule is O=C(O)C1CCC2(CC1)CC(Nc1ncnc3[nH]c4ccc(Br)cc4c13)C2. The van der Waals surface area contributed by atoms with E-state index in [1.54, 1.807) is 6.33 Å². The van der Waals surface area contributed by atoms with E-state index in [1.807, 2.05) is 12.1 Å². The summed E-state index contributed by atoms with van der Waals surface area (Å²) in [5.74, 6) is 0.102. The molecule has 2 aromatic heterocycles. The van der Waals surface area contributed by atoms with Gasteiger partial charge < -0.3 is 15.4 Å². The summed E-state index contributed by atoms with van der Waals surface area (Å²) in [6.45, 7) is 0. The maximum atomic E-state index is 11.2. The number of aromatic nitrogens is 3. The molecule has 140 valence electrons. The van der Waals surface area contributed by atoms with Gasteiger partial charge >= 0.3 is 5.97 Å². The van der Waals surface area contributed by atoms with Crippen molar-refractivity contribution in [3.8, 4) is 0 Å². The summed E-state index contributed by atoms with van der Waals surface area (Å²) in [6.07, 6.45) is 7.48. The second-order valence-electron chi connectivity index (χ2n) is 8.12. The number of aromatic amines is 1. The predicted molar refractivity (Wildman–Crippen MR) is 108 cm³/mol. The molecule has 0 atom stereocenters. The number of nitrogens with one attached hydrogen (secondary N) is 2. The third-order valence-electron chi connectivity index (χ3n) is 6.45. The van der Waals surface area contributed by atoms with E-state index in [9.17, 15) is 9.90 Å². The zero-order valence-electron chi connectivity index (χ0n) is 14.8. The first-order valence-electron chi connectivity index (χ1n) is 9.44. The molecule has 27 heavy (non-hydrogen) atoms. The molecule has 5 rings (SSSR count). The third kappa shape index (κ3) is 2.88. The van der Waals surface area contributed by atoms with E-state index in [4.69, 9.17) is 0 Å². The highest BCUT2D eigenvalue weighted by molar-refractivity contribution is 9.10. The van der Waals surface area contributed by atoms with Crippen molar-refractivity contribution in [3.05, 3.63) is 29.0 Å². The maximum Gasteiger partial charge on any atom is 0.306 e. The zero-order chi connectivity index (χ0) is 18.6. The summed E-state index contributed by atoms with van der Waals surface area (Å²) in [5, 5.41) is 15.0. The van der Waals surface area contributed by atoms with Gasteiger partial charge in [-0.1, -0.05) is 15.9 Å². The van der Waals surface area contributed by atoms with Gasteiger partial charge in [-0.05, 0) is 62.1 Å². The van der Waals surface area contributed by atoms with Gasteiger partial charge in [0.25, 0.3) is 0 Å². The lowest BCUT2D eigenvalue weighted by Crippen LogP contribution is -2.47. The number of nitrogens with zero attached hydrogens (tertiary/aromatic N) is 2. The Morgan fingerprint density at radius 1 is 1.26 bits per heavy atom. The second-order valence-corrected chi connectivity index (χ2v) is 9.04. The van der Waals surface area contributed by atoms with E-state index in [0.29, 0.717) is 11.5 Å². The van der Waals surface area contributed by atoms with Crippen molar-refractivity contribution < 1.29 is 9.90 Å². The molecule has 3 N–H and O–H groups in total. The van der Waals surface area contributed by atoms with Crippen LogP contribution in [0, 0.1) is 11.3 Å². The molecule has 0 unspecified atom stereocenters. The van der Waals surface area contributed by atoms with Crippen LogP contribution in [-0.2, 0) is 4.79 Å². The summed E-state index contributed by atoms with van der Waals surface area (Å²) in [6, 6.07) is 6.55. The van der Waals surface area contributed by atoms with Crippen LogP contribution in [0.5, 0.6) is 0 Å². The van der Waals surface area contributed by atoms with Gasteiger partial charge in [-0.2, -0.15) is 0 Å². The third-order valence-corrected chi connectivity index (χ3v) is 6.94. The molecule has 0 aliphatic heterocycles. The minimum atomic E-state index is -0.632. The van der Waals surface area contributed by atoms with E-state index >= 15 is 0 Å².